The van der Waals surface area contributed by atoms with E-state index >= 15 is 0 Å². The van der Waals surface area contributed by atoms with E-state index in [0.29, 0.717) is 0 Å². The predicted molar refractivity (Wildman–Crippen MR) is 163 cm³/mol. The van der Waals surface area contributed by atoms with Gasteiger partial charge in [-0.15, -0.1) is 0 Å². The van der Waals surface area contributed by atoms with E-state index in [-0.39, 0.29) is 0 Å². The second-order valence-electron chi connectivity index (χ2n) is 10.6. The van der Waals surface area contributed by atoms with E-state index in [1.807, 2.05) is 24.4 Å². The van der Waals surface area contributed by atoms with Crippen LogP contribution in [0.4, 0.5) is 5.69 Å². The van der Waals surface area contributed by atoms with Crippen LogP contribution in [0.2, 0.25) is 0 Å². The average molecular weight is 495 g/mol. The Kier molecular flexibility index (Phi) is 7.07. The van der Waals surface area contributed by atoms with Gasteiger partial charge in [-0.3, -0.25) is 9.98 Å². The van der Waals surface area contributed by atoms with Crippen molar-refractivity contribution < 1.29 is 0 Å². The van der Waals surface area contributed by atoms with Gasteiger partial charge in [0.2, 0.25) is 0 Å². The molecule has 0 fully saturated rings. The van der Waals surface area contributed by atoms with Gasteiger partial charge in [-0.2, -0.15) is 0 Å². The standard InChI is InChI=1S/C36H34N2/c1-23-11-24(2)15-29(14-23)30-20-34(31-16-25(3)12-26(4)17-31)36(38-22-33-9-7-8-10-37-33)35(21-30)32-18-27(5)13-28(6)19-32/h7-22H,1-6H3. The third-order valence-corrected chi connectivity index (χ3v) is 6.74. The first-order valence-electron chi connectivity index (χ1n) is 13.1. The van der Waals surface area contributed by atoms with Crippen molar-refractivity contribution in [1.29, 1.82) is 0 Å². The highest BCUT2D eigenvalue weighted by molar-refractivity contribution is 5.96. The Balaban J connectivity index is 1.86. The van der Waals surface area contributed by atoms with Gasteiger partial charge < -0.3 is 0 Å². The van der Waals surface area contributed by atoms with Gasteiger partial charge >= 0.3 is 0 Å². The van der Waals surface area contributed by atoms with E-state index in [0.717, 1.165) is 22.5 Å². The van der Waals surface area contributed by atoms with E-state index in [1.54, 1.807) is 6.20 Å². The van der Waals surface area contributed by atoms with Crippen molar-refractivity contribution in [2.45, 2.75) is 41.5 Å². The van der Waals surface area contributed by atoms with Crippen LogP contribution in [0.25, 0.3) is 33.4 Å². The zero-order valence-corrected chi connectivity index (χ0v) is 23.1. The van der Waals surface area contributed by atoms with Crippen molar-refractivity contribution in [1.82, 2.24) is 4.98 Å². The lowest BCUT2D eigenvalue weighted by atomic mass is 9.88. The molecule has 4 aromatic carbocycles. The van der Waals surface area contributed by atoms with Gasteiger partial charge in [-0.1, -0.05) is 94.0 Å². The van der Waals surface area contributed by atoms with Crippen molar-refractivity contribution in [3.63, 3.8) is 0 Å². The minimum absolute atomic E-state index is 0.837. The maximum atomic E-state index is 5.13. The van der Waals surface area contributed by atoms with Crippen molar-refractivity contribution >= 4 is 11.9 Å². The Labute approximate surface area is 226 Å². The van der Waals surface area contributed by atoms with Crippen LogP contribution in [0.3, 0.4) is 0 Å². The van der Waals surface area contributed by atoms with Gasteiger partial charge in [-0.25, -0.2) is 0 Å². The number of pyridine rings is 1. The molecule has 0 aliphatic rings. The van der Waals surface area contributed by atoms with Crippen LogP contribution in [-0.2, 0) is 0 Å². The molecule has 0 spiro atoms. The summed E-state index contributed by atoms with van der Waals surface area (Å²) < 4.78 is 0. The third kappa shape index (κ3) is 5.65. The summed E-state index contributed by atoms with van der Waals surface area (Å²) in [6.07, 6.45) is 3.68. The molecular weight excluding hydrogens is 460 g/mol. The zero-order valence-electron chi connectivity index (χ0n) is 23.1. The fraction of sp³-hybridized carbons (Fsp3) is 0.167. The number of aromatic nitrogens is 1. The van der Waals surface area contributed by atoms with E-state index in [4.69, 9.17) is 4.99 Å². The van der Waals surface area contributed by atoms with Gasteiger partial charge in [-0.05, 0) is 88.1 Å². The van der Waals surface area contributed by atoms with Crippen LogP contribution in [0.15, 0.2) is 96.1 Å². The molecule has 0 N–H and O–H groups in total. The van der Waals surface area contributed by atoms with Crippen LogP contribution in [0.5, 0.6) is 0 Å². The number of benzene rings is 4. The first-order chi connectivity index (χ1) is 18.2. The van der Waals surface area contributed by atoms with Gasteiger partial charge in [0.15, 0.2) is 0 Å². The number of aliphatic imine (C=N–C) groups is 1. The van der Waals surface area contributed by atoms with E-state index in [2.05, 4.69) is 113 Å². The molecule has 0 bridgehead atoms. The molecule has 2 nitrogen and oxygen atoms in total. The summed E-state index contributed by atoms with van der Waals surface area (Å²) in [6, 6.07) is 30.8. The molecule has 0 saturated heterocycles. The lowest BCUT2D eigenvalue weighted by Crippen LogP contribution is -1.93. The zero-order chi connectivity index (χ0) is 26.8. The fourth-order valence-electron chi connectivity index (χ4n) is 5.37. The average Bonchev–Trinajstić information content (AvgIpc) is 2.86. The summed E-state index contributed by atoms with van der Waals surface area (Å²) in [4.78, 5) is 9.62. The first kappa shape index (κ1) is 25.4. The molecule has 0 aliphatic heterocycles. The molecule has 0 saturated carbocycles. The topological polar surface area (TPSA) is 25.2 Å². The molecule has 1 heterocycles. The number of nitrogens with zero attached hydrogens (tertiary/aromatic N) is 2. The van der Waals surface area contributed by atoms with E-state index < -0.39 is 0 Å². The number of rotatable bonds is 5. The number of aryl methyl sites for hydroxylation is 6. The summed E-state index contributed by atoms with van der Waals surface area (Å²) in [5.41, 5.74) is 16.3. The van der Waals surface area contributed by atoms with Crippen molar-refractivity contribution in [3.05, 3.63) is 130 Å². The molecule has 0 aliphatic carbocycles. The predicted octanol–water partition coefficient (Wildman–Crippen LogP) is 9.68. The SMILES string of the molecule is Cc1cc(C)cc(-c2cc(-c3cc(C)cc(C)c3)c(N=Cc3ccccn3)c(-c3cc(C)cc(C)c3)c2)c1. The first-order valence-corrected chi connectivity index (χ1v) is 13.1. The second kappa shape index (κ2) is 10.6. The minimum atomic E-state index is 0.837. The molecular formula is C36H34N2. The Hall–Kier alpha value is -4.30. The Morgan fingerprint density at radius 2 is 0.921 bits per heavy atom. The Morgan fingerprint density at radius 1 is 0.500 bits per heavy atom. The summed E-state index contributed by atoms with van der Waals surface area (Å²) in [5.74, 6) is 0. The number of hydrogen-bond acceptors (Lipinski definition) is 2. The maximum Gasteiger partial charge on any atom is 0.0812 e. The third-order valence-electron chi connectivity index (χ3n) is 6.74. The normalized spacial score (nSPS) is 11.3. The molecule has 188 valence electrons. The van der Waals surface area contributed by atoms with Crippen LogP contribution in [-0.4, -0.2) is 11.2 Å². The van der Waals surface area contributed by atoms with Crippen molar-refractivity contribution in [3.8, 4) is 33.4 Å². The lowest BCUT2D eigenvalue weighted by molar-refractivity contribution is 1.30. The lowest BCUT2D eigenvalue weighted by Gasteiger charge is -2.18. The van der Waals surface area contributed by atoms with Crippen molar-refractivity contribution in [2.75, 3.05) is 0 Å². The van der Waals surface area contributed by atoms with Crippen LogP contribution < -0.4 is 0 Å². The largest absolute Gasteiger partial charge is 0.255 e. The fourth-order valence-corrected chi connectivity index (χ4v) is 5.37. The van der Waals surface area contributed by atoms with Crippen LogP contribution >= 0.6 is 0 Å². The highest BCUT2D eigenvalue weighted by Gasteiger charge is 2.16. The summed E-state index contributed by atoms with van der Waals surface area (Å²) in [6.45, 7) is 13.0. The number of hydrogen-bond donors (Lipinski definition) is 0. The maximum absolute atomic E-state index is 5.13. The van der Waals surface area contributed by atoms with Gasteiger partial charge in [0.05, 0.1) is 17.6 Å². The van der Waals surface area contributed by atoms with Crippen LogP contribution in [0.1, 0.15) is 39.1 Å². The monoisotopic (exact) mass is 494 g/mol. The molecule has 5 rings (SSSR count). The van der Waals surface area contributed by atoms with Gasteiger partial charge in [0, 0.05) is 17.3 Å². The smallest absolute Gasteiger partial charge is 0.0812 e. The minimum Gasteiger partial charge on any atom is -0.255 e. The summed E-state index contributed by atoms with van der Waals surface area (Å²) >= 11 is 0. The Morgan fingerprint density at radius 3 is 1.34 bits per heavy atom. The van der Waals surface area contributed by atoms with E-state index in [9.17, 15) is 0 Å². The van der Waals surface area contributed by atoms with Gasteiger partial charge in [0.1, 0.15) is 0 Å². The molecule has 5 aromatic rings. The molecule has 0 amide bonds. The van der Waals surface area contributed by atoms with Crippen LogP contribution in [0, 0.1) is 41.5 Å². The summed E-state index contributed by atoms with van der Waals surface area (Å²) in [7, 11) is 0. The Bertz CT molecular complexity index is 1530. The molecule has 2 heteroatoms. The molecule has 0 atom stereocenters. The highest BCUT2D eigenvalue weighted by atomic mass is 14.8. The molecule has 38 heavy (non-hydrogen) atoms. The quantitative estimate of drug-likeness (QED) is 0.223. The second-order valence-corrected chi connectivity index (χ2v) is 10.6. The van der Waals surface area contributed by atoms with E-state index in [1.165, 1.54) is 55.6 Å². The molecule has 0 unspecified atom stereocenters. The molecule has 1 aromatic heterocycles. The van der Waals surface area contributed by atoms with Crippen molar-refractivity contribution in [2.24, 2.45) is 4.99 Å². The molecule has 0 radical (unpaired) electrons. The summed E-state index contributed by atoms with van der Waals surface area (Å²) in [5, 5.41) is 0. The highest BCUT2D eigenvalue weighted by Crippen LogP contribution is 2.44. The van der Waals surface area contributed by atoms with Gasteiger partial charge in [0.25, 0.3) is 0 Å².